The predicted molar refractivity (Wildman–Crippen MR) is 102 cm³/mol. The summed E-state index contributed by atoms with van der Waals surface area (Å²) >= 11 is 5.99. The van der Waals surface area contributed by atoms with Crippen LogP contribution in [0.3, 0.4) is 0 Å². The van der Waals surface area contributed by atoms with Gasteiger partial charge in [0.25, 0.3) is 0 Å². The Morgan fingerprint density at radius 1 is 1.04 bits per heavy atom. The SMILES string of the molecule is Cc1c2c(nc3nc4ccccc4n13)C[C@@H](c1ccc(Cl)cc1)CC2=O. The van der Waals surface area contributed by atoms with Crippen LogP contribution in [-0.4, -0.2) is 20.2 Å². The Kier molecular flexibility index (Phi) is 3.37. The quantitative estimate of drug-likeness (QED) is 0.491. The molecule has 2 heterocycles. The van der Waals surface area contributed by atoms with Crippen molar-refractivity contribution in [3.8, 4) is 0 Å². The smallest absolute Gasteiger partial charge is 0.235 e. The average molecular weight is 362 g/mol. The topological polar surface area (TPSA) is 47.3 Å². The standard InChI is InChI=1S/C21H16ClN3O/c1-12-20-17(24-21-23-16-4-2-3-5-18(16)25(12)21)10-14(11-19(20)26)13-6-8-15(22)9-7-13/h2-9,14H,10-11H2,1H3/t14-/m1/s1. The minimum Gasteiger partial charge on any atom is -0.294 e. The molecule has 0 radical (unpaired) electrons. The summed E-state index contributed by atoms with van der Waals surface area (Å²) in [6.07, 6.45) is 1.23. The molecule has 0 spiro atoms. The van der Waals surface area contributed by atoms with Crippen LogP contribution < -0.4 is 0 Å². The second-order valence-corrected chi connectivity index (χ2v) is 7.27. The van der Waals surface area contributed by atoms with Gasteiger partial charge in [0, 0.05) is 17.1 Å². The molecule has 0 saturated carbocycles. The summed E-state index contributed by atoms with van der Waals surface area (Å²) in [6.45, 7) is 1.99. The van der Waals surface area contributed by atoms with Crippen molar-refractivity contribution < 1.29 is 4.79 Å². The number of ketones is 1. The van der Waals surface area contributed by atoms with Crippen LogP contribution in [0.5, 0.6) is 0 Å². The number of hydrogen-bond donors (Lipinski definition) is 0. The largest absolute Gasteiger partial charge is 0.294 e. The highest BCUT2D eigenvalue weighted by Crippen LogP contribution is 2.34. The second kappa shape index (κ2) is 5.64. The van der Waals surface area contributed by atoms with Gasteiger partial charge in [-0.25, -0.2) is 9.97 Å². The first-order chi connectivity index (χ1) is 12.6. The molecule has 5 rings (SSSR count). The third kappa shape index (κ3) is 2.26. The van der Waals surface area contributed by atoms with E-state index in [1.807, 2.05) is 59.9 Å². The highest BCUT2D eigenvalue weighted by molar-refractivity contribution is 6.30. The number of carbonyl (C=O) groups is 1. The highest BCUT2D eigenvalue weighted by atomic mass is 35.5. The maximum Gasteiger partial charge on any atom is 0.235 e. The number of para-hydroxylation sites is 2. The van der Waals surface area contributed by atoms with Crippen LogP contribution in [0.4, 0.5) is 0 Å². The summed E-state index contributed by atoms with van der Waals surface area (Å²) in [5.74, 6) is 0.939. The molecule has 4 aromatic rings. The molecule has 0 amide bonds. The van der Waals surface area contributed by atoms with E-state index in [0.29, 0.717) is 17.2 Å². The van der Waals surface area contributed by atoms with Crippen molar-refractivity contribution in [2.75, 3.05) is 0 Å². The van der Waals surface area contributed by atoms with E-state index in [1.54, 1.807) is 0 Å². The molecule has 1 atom stereocenters. The minimum atomic E-state index is 0.131. The zero-order chi connectivity index (χ0) is 17.8. The summed E-state index contributed by atoms with van der Waals surface area (Å²) in [5.41, 5.74) is 5.54. The van der Waals surface area contributed by atoms with Crippen LogP contribution in [0.1, 0.15) is 39.6 Å². The number of fused-ring (bicyclic) bond motifs is 4. The molecule has 0 saturated heterocycles. The summed E-state index contributed by atoms with van der Waals surface area (Å²) in [4.78, 5) is 22.4. The summed E-state index contributed by atoms with van der Waals surface area (Å²) < 4.78 is 1.99. The molecule has 1 aliphatic carbocycles. The third-order valence-corrected chi connectivity index (χ3v) is 5.51. The molecule has 0 aliphatic heterocycles. The van der Waals surface area contributed by atoms with Gasteiger partial charge in [0.1, 0.15) is 0 Å². The lowest BCUT2D eigenvalue weighted by Gasteiger charge is -2.25. The second-order valence-electron chi connectivity index (χ2n) is 6.83. The van der Waals surface area contributed by atoms with Crippen LogP contribution in [0.25, 0.3) is 16.8 Å². The van der Waals surface area contributed by atoms with E-state index < -0.39 is 0 Å². The monoisotopic (exact) mass is 361 g/mol. The number of aromatic nitrogens is 3. The normalized spacial score (nSPS) is 17.0. The number of Topliss-reactive ketones (excluding diaryl/α,β-unsaturated/α-hetero) is 1. The van der Waals surface area contributed by atoms with Crippen molar-refractivity contribution in [3.05, 3.63) is 76.1 Å². The molecule has 26 heavy (non-hydrogen) atoms. The molecule has 0 unspecified atom stereocenters. The van der Waals surface area contributed by atoms with E-state index >= 15 is 0 Å². The van der Waals surface area contributed by atoms with Gasteiger partial charge in [-0.2, -0.15) is 0 Å². The van der Waals surface area contributed by atoms with E-state index in [-0.39, 0.29) is 11.7 Å². The molecule has 1 aliphatic rings. The number of carbonyl (C=O) groups excluding carboxylic acids is 1. The summed E-state index contributed by atoms with van der Waals surface area (Å²) in [6, 6.07) is 15.7. The van der Waals surface area contributed by atoms with Gasteiger partial charge in [-0.05, 0) is 49.1 Å². The van der Waals surface area contributed by atoms with E-state index in [1.165, 1.54) is 0 Å². The Bertz CT molecular complexity index is 1180. The van der Waals surface area contributed by atoms with Crippen molar-refractivity contribution in [1.29, 1.82) is 0 Å². The lowest BCUT2D eigenvalue weighted by atomic mass is 9.81. The number of halogens is 1. The zero-order valence-corrected chi connectivity index (χ0v) is 15.0. The van der Waals surface area contributed by atoms with Crippen molar-refractivity contribution in [3.63, 3.8) is 0 Å². The summed E-state index contributed by atoms with van der Waals surface area (Å²) in [7, 11) is 0. The maximum absolute atomic E-state index is 13.0. The van der Waals surface area contributed by atoms with E-state index in [0.717, 1.165) is 40.0 Å². The first kappa shape index (κ1) is 15.5. The van der Waals surface area contributed by atoms with Crippen LogP contribution in [0, 0.1) is 6.92 Å². The fourth-order valence-corrected chi connectivity index (χ4v) is 4.15. The Morgan fingerprint density at radius 2 is 1.81 bits per heavy atom. The zero-order valence-electron chi connectivity index (χ0n) is 14.2. The fraction of sp³-hybridized carbons (Fsp3) is 0.190. The van der Waals surface area contributed by atoms with Gasteiger partial charge in [0.15, 0.2) is 5.78 Å². The lowest BCUT2D eigenvalue weighted by Crippen LogP contribution is -2.23. The average Bonchev–Trinajstić information content (AvgIpc) is 3.00. The van der Waals surface area contributed by atoms with Gasteiger partial charge >= 0.3 is 0 Å². The molecule has 4 nitrogen and oxygen atoms in total. The molecule has 0 bridgehead atoms. The van der Waals surface area contributed by atoms with E-state index in [9.17, 15) is 4.79 Å². The molecule has 2 aromatic heterocycles. The van der Waals surface area contributed by atoms with Gasteiger partial charge in [-0.1, -0.05) is 35.9 Å². The molecular weight excluding hydrogens is 346 g/mol. The van der Waals surface area contributed by atoms with Gasteiger partial charge in [0.2, 0.25) is 5.78 Å². The van der Waals surface area contributed by atoms with E-state index in [2.05, 4.69) is 4.98 Å². The fourth-order valence-electron chi connectivity index (χ4n) is 4.03. The molecule has 0 N–H and O–H groups in total. The summed E-state index contributed by atoms with van der Waals surface area (Å²) in [5, 5.41) is 0.705. The predicted octanol–water partition coefficient (Wildman–Crippen LogP) is 4.76. The molecule has 128 valence electrons. The Balaban J connectivity index is 1.68. The number of rotatable bonds is 1. The van der Waals surface area contributed by atoms with Crippen molar-refractivity contribution in [2.45, 2.75) is 25.7 Å². The Labute approximate surface area is 155 Å². The maximum atomic E-state index is 13.0. The van der Waals surface area contributed by atoms with Crippen molar-refractivity contribution >= 4 is 34.2 Å². The molecule has 2 aromatic carbocycles. The lowest BCUT2D eigenvalue weighted by molar-refractivity contribution is 0.0962. The van der Waals surface area contributed by atoms with Crippen molar-refractivity contribution in [2.24, 2.45) is 0 Å². The Morgan fingerprint density at radius 3 is 2.62 bits per heavy atom. The van der Waals surface area contributed by atoms with Crippen LogP contribution >= 0.6 is 11.6 Å². The molecule has 0 fully saturated rings. The first-order valence-corrected chi connectivity index (χ1v) is 9.05. The van der Waals surface area contributed by atoms with Gasteiger partial charge < -0.3 is 0 Å². The third-order valence-electron chi connectivity index (χ3n) is 5.26. The van der Waals surface area contributed by atoms with Crippen LogP contribution in [-0.2, 0) is 6.42 Å². The number of nitrogens with zero attached hydrogens (tertiary/aromatic N) is 3. The van der Waals surface area contributed by atoms with E-state index in [4.69, 9.17) is 16.6 Å². The number of imidazole rings is 1. The molecule has 5 heteroatoms. The number of benzene rings is 2. The number of hydrogen-bond acceptors (Lipinski definition) is 3. The van der Waals surface area contributed by atoms with Crippen LogP contribution in [0.15, 0.2) is 48.5 Å². The van der Waals surface area contributed by atoms with Crippen LogP contribution in [0.2, 0.25) is 5.02 Å². The minimum absolute atomic E-state index is 0.131. The van der Waals surface area contributed by atoms with Crippen molar-refractivity contribution in [1.82, 2.24) is 14.4 Å². The van der Waals surface area contributed by atoms with Gasteiger partial charge in [-0.3, -0.25) is 9.20 Å². The van der Waals surface area contributed by atoms with Gasteiger partial charge in [0.05, 0.1) is 22.3 Å². The van der Waals surface area contributed by atoms with Gasteiger partial charge in [-0.15, -0.1) is 0 Å². The Hall–Kier alpha value is -2.72. The highest BCUT2D eigenvalue weighted by Gasteiger charge is 2.30. The molecular formula is C21H16ClN3O. The first-order valence-electron chi connectivity index (χ1n) is 8.67. The number of aryl methyl sites for hydroxylation is 1.